The molecule has 2 fully saturated rings. The highest BCUT2D eigenvalue weighted by atomic mass is 16.3. The van der Waals surface area contributed by atoms with E-state index < -0.39 is 0 Å². The number of hydrogen-bond donors (Lipinski definition) is 2. The standard InChI is InChI=1S/C17H20N4O/c22-13-7-12(8-13)17(14-3-1-2-6-18-14)21-16-9-15(11-4-5-11)19-10-20-16/h1-3,6,9-13,17,22H,4-5,7-8H2,(H,19,20,21). The van der Waals surface area contributed by atoms with E-state index in [1.54, 1.807) is 6.33 Å². The van der Waals surface area contributed by atoms with Gasteiger partial charge < -0.3 is 10.4 Å². The molecule has 2 aliphatic carbocycles. The van der Waals surface area contributed by atoms with Crippen LogP contribution in [0.15, 0.2) is 36.8 Å². The normalized spacial score (nSPS) is 25.3. The van der Waals surface area contributed by atoms with Gasteiger partial charge in [0.2, 0.25) is 0 Å². The molecule has 0 amide bonds. The highest BCUT2D eigenvalue weighted by molar-refractivity contribution is 5.40. The molecule has 0 aliphatic heterocycles. The minimum absolute atomic E-state index is 0.0894. The van der Waals surface area contributed by atoms with E-state index in [-0.39, 0.29) is 12.1 Å². The van der Waals surface area contributed by atoms with E-state index in [0.717, 1.165) is 30.0 Å². The number of nitrogens with one attached hydrogen (secondary N) is 1. The molecule has 5 nitrogen and oxygen atoms in total. The van der Waals surface area contributed by atoms with E-state index in [4.69, 9.17) is 0 Å². The van der Waals surface area contributed by atoms with Crippen LogP contribution >= 0.6 is 0 Å². The second-order valence-electron chi connectivity index (χ2n) is 6.36. The minimum atomic E-state index is -0.176. The van der Waals surface area contributed by atoms with E-state index in [1.807, 2.05) is 24.4 Å². The first kappa shape index (κ1) is 13.6. The summed E-state index contributed by atoms with van der Waals surface area (Å²) in [6.45, 7) is 0. The highest BCUT2D eigenvalue weighted by Gasteiger charge is 2.36. The summed E-state index contributed by atoms with van der Waals surface area (Å²) in [6, 6.07) is 8.11. The Kier molecular flexibility index (Phi) is 3.50. The van der Waals surface area contributed by atoms with E-state index in [0.29, 0.717) is 11.8 Å². The molecule has 2 N–H and O–H groups in total. The Hall–Kier alpha value is -2.01. The minimum Gasteiger partial charge on any atom is -0.393 e. The fraction of sp³-hybridized carbons (Fsp3) is 0.471. The van der Waals surface area contributed by atoms with Crippen LogP contribution in [0, 0.1) is 5.92 Å². The summed E-state index contributed by atoms with van der Waals surface area (Å²) in [7, 11) is 0. The van der Waals surface area contributed by atoms with Crippen LogP contribution in [0.3, 0.4) is 0 Å². The first-order chi connectivity index (χ1) is 10.8. The van der Waals surface area contributed by atoms with Crippen LogP contribution in [0.5, 0.6) is 0 Å². The SMILES string of the molecule is OC1CC(C(Nc2cc(C3CC3)ncn2)c2ccccn2)C1. The molecule has 114 valence electrons. The lowest BCUT2D eigenvalue weighted by Gasteiger charge is -2.38. The van der Waals surface area contributed by atoms with Crippen LogP contribution < -0.4 is 5.32 Å². The monoisotopic (exact) mass is 296 g/mol. The fourth-order valence-corrected chi connectivity index (χ4v) is 3.11. The van der Waals surface area contributed by atoms with Crippen molar-refractivity contribution in [2.75, 3.05) is 5.32 Å². The van der Waals surface area contributed by atoms with Gasteiger partial charge in [0, 0.05) is 23.9 Å². The van der Waals surface area contributed by atoms with Crippen molar-refractivity contribution in [3.05, 3.63) is 48.2 Å². The van der Waals surface area contributed by atoms with Crippen LogP contribution in [0.1, 0.15) is 49.0 Å². The lowest BCUT2D eigenvalue weighted by molar-refractivity contribution is 0.0334. The molecule has 2 aromatic heterocycles. The van der Waals surface area contributed by atoms with E-state index in [2.05, 4.69) is 26.3 Å². The number of hydrogen-bond acceptors (Lipinski definition) is 5. The highest BCUT2D eigenvalue weighted by Crippen LogP contribution is 2.41. The molecule has 4 rings (SSSR count). The third-order valence-corrected chi connectivity index (χ3v) is 4.61. The van der Waals surface area contributed by atoms with Gasteiger partial charge in [-0.1, -0.05) is 6.07 Å². The summed E-state index contributed by atoms with van der Waals surface area (Å²) in [5, 5.41) is 13.1. The molecule has 0 bridgehead atoms. The molecule has 22 heavy (non-hydrogen) atoms. The Labute approximate surface area is 129 Å². The summed E-state index contributed by atoms with van der Waals surface area (Å²) < 4.78 is 0. The fourth-order valence-electron chi connectivity index (χ4n) is 3.11. The van der Waals surface area contributed by atoms with Gasteiger partial charge in [0.05, 0.1) is 17.8 Å². The van der Waals surface area contributed by atoms with Crippen molar-refractivity contribution < 1.29 is 5.11 Å². The predicted octanol–water partition coefficient (Wildman–Crippen LogP) is 2.67. The average Bonchev–Trinajstić information content (AvgIpc) is 3.36. The zero-order valence-corrected chi connectivity index (χ0v) is 12.4. The van der Waals surface area contributed by atoms with Crippen LogP contribution in [-0.4, -0.2) is 26.2 Å². The Morgan fingerprint density at radius 3 is 2.68 bits per heavy atom. The second kappa shape index (κ2) is 5.65. The van der Waals surface area contributed by atoms with Crippen LogP contribution in [0.2, 0.25) is 0 Å². The number of aliphatic hydroxyl groups excluding tert-OH is 1. The average molecular weight is 296 g/mol. The molecule has 0 spiro atoms. The molecule has 1 unspecified atom stereocenters. The largest absolute Gasteiger partial charge is 0.393 e. The van der Waals surface area contributed by atoms with Crippen LogP contribution in [-0.2, 0) is 0 Å². The summed E-state index contributed by atoms with van der Waals surface area (Å²) >= 11 is 0. The summed E-state index contributed by atoms with van der Waals surface area (Å²) in [5.74, 6) is 1.86. The Morgan fingerprint density at radius 1 is 1.14 bits per heavy atom. The van der Waals surface area contributed by atoms with Gasteiger partial charge in [0.25, 0.3) is 0 Å². The maximum atomic E-state index is 9.63. The van der Waals surface area contributed by atoms with Gasteiger partial charge >= 0.3 is 0 Å². The van der Waals surface area contributed by atoms with Crippen molar-refractivity contribution in [3.63, 3.8) is 0 Å². The van der Waals surface area contributed by atoms with Crippen molar-refractivity contribution in [3.8, 4) is 0 Å². The lowest BCUT2D eigenvalue weighted by Crippen LogP contribution is -2.36. The van der Waals surface area contributed by atoms with Gasteiger partial charge in [0.1, 0.15) is 12.1 Å². The quantitative estimate of drug-likeness (QED) is 0.887. The zero-order valence-electron chi connectivity index (χ0n) is 12.4. The molecular formula is C17H20N4O. The van der Waals surface area contributed by atoms with Crippen molar-refractivity contribution in [1.29, 1.82) is 0 Å². The molecule has 2 heterocycles. The van der Waals surface area contributed by atoms with Crippen molar-refractivity contribution in [2.24, 2.45) is 5.92 Å². The molecule has 0 aromatic carbocycles. The maximum Gasteiger partial charge on any atom is 0.130 e. The van der Waals surface area contributed by atoms with Gasteiger partial charge in [-0.15, -0.1) is 0 Å². The smallest absolute Gasteiger partial charge is 0.130 e. The van der Waals surface area contributed by atoms with Gasteiger partial charge in [-0.3, -0.25) is 4.98 Å². The number of pyridine rings is 1. The van der Waals surface area contributed by atoms with E-state index in [1.165, 1.54) is 12.8 Å². The number of aliphatic hydroxyl groups is 1. The summed E-state index contributed by atoms with van der Waals surface area (Å²) in [6.07, 6.45) is 7.37. The van der Waals surface area contributed by atoms with Gasteiger partial charge in [-0.2, -0.15) is 0 Å². The second-order valence-corrected chi connectivity index (χ2v) is 6.36. The van der Waals surface area contributed by atoms with Crippen LogP contribution in [0.25, 0.3) is 0 Å². The molecule has 0 radical (unpaired) electrons. The molecule has 2 aromatic rings. The molecule has 0 saturated heterocycles. The number of aromatic nitrogens is 3. The lowest BCUT2D eigenvalue weighted by atomic mass is 9.76. The van der Waals surface area contributed by atoms with Crippen molar-refractivity contribution >= 4 is 5.82 Å². The zero-order chi connectivity index (χ0) is 14.9. The van der Waals surface area contributed by atoms with Gasteiger partial charge in [-0.25, -0.2) is 9.97 Å². The first-order valence-corrected chi connectivity index (χ1v) is 7.97. The number of rotatable bonds is 5. The van der Waals surface area contributed by atoms with Crippen molar-refractivity contribution in [1.82, 2.24) is 15.0 Å². The molecule has 1 atom stereocenters. The number of anilines is 1. The molecule has 2 aliphatic rings. The third-order valence-electron chi connectivity index (χ3n) is 4.61. The predicted molar refractivity (Wildman–Crippen MR) is 83.3 cm³/mol. The Morgan fingerprint density at radius 2 is 2.00 bits per heavy atom. The van der Waals surface area contributed by atoms with Gasteiger partial charge in [0.15, 0.2) is 0 Å². The molecule has 2 saturated carbocycles. The summed E-state index contributed by atoms with van der Waals surface area (Å²) in [4.78, 5) is 13.2. The third kappa shape index (κ3) is 2.81. The topological polar surface area (TPSA) is 70.9 Å². The number of nitrogens with zero attached hydrogens (tertiary/aromatic N) is 3. The van der Waals surface area contributed by atoms with E-state index >= 15 is 0 Å². The molecule has 5 heteroatoms. The Bertz CT molecular complexity index is 638. The molecular weight excluding hydrogens is 276 g/mol. The summed E-state index contributed by atoms with van der Waals surface area (Å²) in [5.41, 5.74) is 2.14. The van der Waals surface area contributed by atoms with Crippen LogP contribution in [0.4, 0.5) is 5.82 Å². The Balaban J connectivity index is 1.57. The first-order valence-electron chi connectivity index (χ1n) is 7.97. The van der Waals surface area contributed by atoms with Crippen molar-refractivity contribution in [2.45, 2.75) is 43.7 Å². The maximum absolute atomic E-state index is 9.63. The van der Waals surface area contributed by atoms with E-state index in [9.17, 15) is 5.11 Å². The van der Waals surface area contributed by atoms with Gasteiger partial charge in [-0.05, 0) is 43.7 Å².